The van der Waals surface area contributed by atoms with Crippen molar-refractivity contribution in [3.63, 3.8) is 0 Å². The maximum Gasteiger partial charge on any atom is 0.0596 e. The van der Waals surface area contributed by atoms with Gasteiger partial charge in [-0.3, -0.25) is 0 Å². The maximum absolute atomic E-state index is 10.3. The van der Waals surface area contributed by atoms with Crippen LogP contribution in [0.25, 0.3) is 0 Å². The Labute approximate surface area is 87.9 Å². The van der Waals surface area contributed by atoms with E-state index < -0.39 is 0 Å². The molecule has 14 heavy (non-hydrogen) atoms. The molecule has 0 aromatic rings. The normalized spacial score (nSPS) is 29.6. The molecule has 82 valence electrons. The third-order valence-corrected chi connectivity index (χ3v) is 4.29. The molecule has 0 amide bonds. The lowest BCUT2D eigenvalue weighted by molar-refractivity contribution is 0.0414. The average molecular weight is 196 g/mol. The molecule has 0 bridgehead atoms. The molecule has 0 spiro atoms. The van der Waals surface area contributed by atoms with E-state index in [-0.39, 0.29) is 6.10 Å². The fourth-order valence-electron chi connectivity index (χ4n) is 2.98. The van der Waals surface area contributed by atoms with Crippen LogP contribution in [-0.4, -0.2) is 11.2 Å². The van der Waals surface area contributed by atoms with Gasteiger partial charge in [0.15, 0.2) is 0 Å². The van der Waals surface area contributed by atoms with E-state index in [0.29, 0.717) is 11.8 Å². The van der Waals surface area contributed by atoms with Crippen molar-refractivity contribution in [3.8, 4) is 0 Å². The van der Waals surface area contributed by atoms with E-state index in [0.717, 1.165) is 5.92 Å². The Hall–Kier alpha value is -0.0400. The van der Waals surface area contributed by atoms with Gasteiger partial charge in [0.05, 0.1) is 6.10 Å². The maximum atomic E-state index is 10.3. The predicted molar refractivity (Wildman–Crippen MR) is 59.1 cm³/mol. The van der Waals surface area contributed by atoms with Gasteiger partial charge in [0.2, 0.25) is 0 Å². The Bertz CT molecular complexity index is 166. The molecule has 1 heteroatoms. The van der Waals surface area contributed by atoms with Crippen LogP contribution in [0.4, 0.5) is 0 Å². The fraction of sp³-hybridized carbons (Fsp3) is 1.00. The molecule has 2 atom stereocenters. The second-order valence-electron chi connectivity index (χ2n) is 5.44. The first-order chi connectivity index (χ1) is 6.79. The highest BCUT2D eigenvalue weighted by molar-refractivity contribution is 4.86. The number of hydrogen-bond donors (Lipinski definition) is 1. The van der Waals surface area contributed by atoms with Crippen LogP contribution < -0.4 is 0 Å². The van der Waals surface area contributed by atoms with Gasteiger partial charge in [-0.1, -0.05) is 32.6 Å². The van der Waals surface area contributed by atoms with Crippen molar-refractivity contribution in [2.45, 2.75) is 64.4 Å². The standard InChI is InChI=1S/C13H24O/c1-10(11-8-9-11)13(14)12-6-4-2-3-5-7-12/h10-14H,2-9H2,1H3. The molecule has 2 unspecified atom stereocenters. The lowest BCUT2D eigenvalue weighted by atomic mass is 9.84. The summed E-state index contributed by atoms with van der Waals surface area (Å²) in [5, 5.41) is 10.3. The quantitative estimate of drug-likeness (QED) is 0.686. The minimum Gasteiger partial charge on any atom is -0.393 e. The fourth-order valence-corrected chi connectivity index (χ4v) is 2.98. The van der Waals surface area contributed by atoms with Crippen LogP contribution in [0.15, 0.2) is 0 Å². The molecule has 1 nitrogen and oxygen atoms in total. The number of aliphatic hydroxyl groups excluding tert-OH is 1. The predicted octanol–water partition coefficient (Wildman–Crippen LogP) is 3.36. The van der Waals surface area contributed by atoms with E-state index in [4.69, 9.17) is 0 Å². The highest BCUT2D eigenvalue weighted by Gasteiger charge is 2.35. The van der Waals surface area contributed by atoms with Crippen LogP contribution in [-0.2, 0) is 0 Å². The van der Waals surface area contributed by atoms with Crippen molar-refractivity contribution in [2.75, 3.05) is 0 Å². The van der Waals surface area contributed by atoms with Crippen LogP contribution in [0, 0.1) is 17.8 Å². The summed E-state index contributed by atoms with van der Waals surface area (Å²) in [6.45, 7) is 2.26. The molecule has 2 aliphatic carbocycles. The van der Waals surface area contributed by atoms with E-state index >= 15 is 0 Å². The molecular formula is C13H24O. The molecule has 0 aromatic carbocycles. The van der Waals surface area contributed by atoms with Crippen LogP contribution in [0.1, 0.15) is 58.3 Å². The van der Waals surface area contributed by atoms with Gasteiger partial charge < -0.3 is 5.11 Å². The van der Waals surface area contributed by atoms with Gasteiger partial charge in [0, 0.05) is 0 Å². The van der Waals surface area contributed by atoms with Gasteiger partial charge >= 0.3 is 0 Å². The van der Waals surface area contributed by atoms with Crippen LogP contribution >= 0.6 is 0 Å². The zero-order valence-electron chi connectivity index (χ0n) is 9.41. The van der Waals surface area contributed by atoms with Crippen LogP contribution in [0.2, 0.25) is 0 Å². The molecule has 0 radical (unpaired) electrons. The van der Waals surface area contributed by atoms with Crippen molar-refractivity contribution in [1.82, 2.24) is 0 Å². The molecule has 2 saturated carbocycles. The lowest BCUT2D eigenvalue weighted by Gasteiger charge is -2.26. The molecule has 2 fully saturated rings. The van der Waals surface area contributed by atoms with Crippen molar-refractivity contribution in [2.24, 2.45) is 17.8 Å². The van der Waals surface area contributed by atoms with Gasteiger partial charge in [0.1, 0.15) is 0 Å². The summed E-state index contributed by atoms with van der Waals surface area (Å²) in [6, 6.07) is 0. The molecule has 1 N–H and O–H groups in total. The zero-order chi connectivity index (χ0) is 9.97. The van der Waals surface area contributed by atoms with Gasteiger partial charge in [-0.25, -0.2) is 0 Å². The SMILES string of the molecule is CC(C1CC1)C(O)C1CCCCCC1. The van der Waals surface area contributed by atoms with E-state index in [9.17, 15) is 5.11 Å². The van der Waals surface area contributed by atoms with Gasteiger partial charge in [0.25, 0.3) is 0 Å². The van der Waals surface area contributed by atoms with E-state index in [1.54, 1.807) is 0 Å². The average Bonchev–Trinajstić information content (AvgIpc) is 3.02. The molecule has 0 aromatic heterocycles. The van der Waals surface area contributed by atoms with Gasteiger partial charge in [-0.15, -0.1) is 0 Å². The minimum absolute atomic E-state index is 0.000556. The van der Waals surface area contributed by atoms with Crippen molar-refractivity contribution in [3.05, 3.63) is 0 Å². The Morgan fingerprint density at radius 1 is 0.857 bits per heavy atom. The van der Waals surface area contributed by atoms with Crippen LogP contribution in [0.3, 0.4) is 0 Å². The molecule has 2 rings (SSSR count). The first kappa shape index (κ1) is 10.5. The number of aliphatic hydroxyl groups is 1. The summed E-state index contributed by atoms with van der Waals surface area (Å²) in [7, 11) is 0. The third kappa shape index (κ3) is 2.50. The monoisotopic (exact) mass is 196 g/mol. The van der Waals surface area contributed by atoms with Crippen LogP contribution in [0.5, 0.6) is 0 Å². The van der Waals surface area contributed by atoms with Crippen molar-refractivity contribution >= 4 is 0 Å². The van der Waals surface area contributed by atoms with Crippen molar-refractivity contribution in [1.29, 1.82) is 0 Å². The molecular weight excluding hydrogens is 172 g/mol. The smallest absolute Gasteiger partial charge is 0.0596 e. The molecule has 0 aliphatic heterocycles. The largest absolute Gasteiger partial charge is 0.393 e. The second-order valence-corrected chi connectivity index (χ2v) is 5.44. The zero-order valence-corrected chi connectivity index (χ0v) is 9.41. The van der Waals surface area contributed by atoms with Gasteiger partial charge in [-0.2, -0.15) is 0 Å². The number of hydrogen-bond acceptors (Lipinski definition) is 1. The summed E-state index contributed by atoms with van der Waals surface area (Å²) < 4.78 is 0. The third-order valence-electron chi connectivity index (χ3n) is 4.29. The molecule has 0 saturated heterocycles. The highest BCUT2D eigenvalue weighted by Crippen LogP contribution is 2.41. The summed E-state index contributed by atoms with van der Waals surface area (Å²) in [5.74, 6) is 2.04. The molecule has 2 aliphatic rings. The first-order valence-electron chi connectivity index (χ1n) is 6.47. The number of rotatable bonds is 3. The second kappa shape index (κ2) is 4.65. The van der Waals surface area contributed by atoms with Crippen molar-refractivity contribution < 1.29 is 5.11 Å². The Balaban J connectivity index is 1.84. The first-order valence-corrected chi connectivity index (χ1v) is 6.47. The molecule has 0 heterocycles. The Morgan fingerprint density at radius 3 is 1.93 bits per heavy atom. The van der Waals surface area contributed by atoms with E-state index in [1.165, 1.54) is 51.4 Å². The van der Waals surface area contributed by atoms with E-state index in [2.05, 4.69) is 6.92 Å². The van der Waals surface area contributed by atoms with E-state index in [1.807, 2.05) is 0 Å². The Morgan fingerprint density at radius 2 is 1.43 bits per heavy atom. The summed E-state index contributed by atoms with van der Waals surface area (Å²) in [6.07, 6.45) is 10.8. The summed E-state index contributed by atoms with van der Waals surface area (Å²) >= 11 is 0. The minimum atomic E-state index is 0.000556. The topological polar surface area (TPSA) is 20.2 Å². The highest BCUT2D eigenvalue weighted by atomic mass is 16.3. The Kier molecular flexibility index (Phi) is 3.48. The summed E-state index contributed by atoms with van der Waals surface area (Å²) in [5.41, 5.74) is 0. The summed E-state index contributed by atoms with van der Waals surface area (Å²) in [4.78, 5) is 0. The lowest BCUT2D eigenvalue weighted by Crippen LogP contribution is -2.28. The van der Waals surface area contributed by atoms with Gasteiger partial charge in [-0.05, 0) is 43.4 Å².